The van der Waals surface area contributed by atoms with Crippen molar-refractivity contribution in [2.45, 2.75) is 32.2 Å². The van der Waals surface area contributed by atoms with Crippen LogP contribution in [-0.2, 0) is 17.6 Å². The third-order valence-electron chi connectivity index (χ3n) is 4.54. The maximum Gasteiger partial charge on any atom is 0.221 e. The van der Waals surface area contributed by atoms with E-state index in [-0.39, 0.29) is 5.91 Å². The van der Waals surface area contributed by atoms with Gasteiger partial charge in [-0.05, 0) is 48.6 Å². The average molecular weight is 340 g/mol. The van der Waals surface area contributed by atoms with E-state index in [2.05, 4.69) is 16.7 Å². The van der Waals surface area contributed by atoms with E-state index in [1.165, 1.54) is 18.1 Å². The maximum atomic E-state index is 11.3. The lowest BCUT2D eigenvalue weighted by molar-refractivity contribution is -0.114. The molecule has 25 heavy (non-hydrogen) atoms. The molecule has 1 atom stereocenters. The molecule has 0 spiro atoms. The van der Waals surface area contributed by atoms with Gasteiger partial charge in [-0.3, -0.25) is 4.79 Å². The van der Waals surface area contributed by atoms with E-state index in [0.29, 0.717) is 17.5 Å². The number of carbonyl (C=O) groups excluding carboxylic acids is 1. The molecular formula is C20H24N2O3. The molecule has 0 saturated carbocycles. The number of benzene rings is 2. The maximum absolute atomic E-state index is 11.3. The van der Waals surface area contributed by atoms with Crippen LogP contribution in [0.15, 0.2) is 36.4 Å². The molecule has 2 aromatic carbocycles. The number of ether oxygens (including phenoxy) is 2. The Bertz CT molecular complexity index is 774. The Morgan fingerprint density at radius 2 is 1.92 bits per heavy atom. The molecule has 0 bridgehead atoms. The van der Waals surface area contributed by atoms with Crippen molar-refractivity contribution in [1.29, 1.82) is 0 Å². The molecule has 132 valence electrons. The van der Waals surface area contributed by atoms with Crippen molar-refractivity contribution in [2.75, 3.05) is 24.9 Å². The quantitative estimate of drug-likeness (QED) is 0.872. The number of rotatable bonds is 5. The Balaban J connectivity index is 1.74. The van der Waals surface area contributed by atoms with Crippen LogP contribution in [0.4, 0.5) is 11.4 Å². The summed E-state index contributed by atoms with van der Waals surface area (Å²) in [4.78, 5) is 11.3. The highest BCUT2D eigenvalue weighted by molar-refractivity contribution is 5.90. The Hall–Kier alpha value is -2.69. The van der Waals surface area contributed by atoms with Crippen LogP contribution in [0.25, 0.3) is 0 Å². The lowest BCUT2D eigenvalue weighted by Crippen LogP contribution is -2.27. The zero-order valence-corrected chi connectivity index (χ0v) is 14.9. The Morgan fingerprint density at radius 1 is 1.12 bits per heavy atom. The predicted molar refractivity (Wildman–Crippen MR) is 99.7 cm³/mol. The van der Waals surface area contributed by atoms with E-state index in [1.54, 1.807) is 14.2 Å². The van der Waals surface area contributed by atoms with Crippen LogP contribution in [0.3, 0.4) is 0 Å². The molecule has 1 amide bonds. The molecule has 3 rings (SSSR count). The molecular weight excluding hydrogens is 316 g/mol. The van der Waals surface area contributed by atoms with Crippen molar-refractivity contribution >= 4 is 17.3 Å². The van der Waals surface area contributed by atoms with E-state index in [4.69, 9.17) is 9.47 Å². The highest BCUT2D eigenvalue weighted by Crippen LogP contribution is 2.32. The van der Waals surface area contributed by atoms with Crippen LogP contribution in [0.5, 0.6) is 11.5 Å². The third kappa shape index (κ3) is 3.87. The van der Waals surface area contributed by atoms with E-state index in [0.717, 1.165) is 30.7 Å². The van der Waals surface area contributed by atoms with Crippen molar-refractivity contribution in [1.82, 2.24) is 0 Å². The van der Waals surface area contributed by atoms with Gasteiger partial charge in [0, 0.05) is 24.7 Å². The summed E-state index contributed by atoms with van der Waals surface area (Å²) in [6.07, 6.45) is 3.00. The molecule has 5 nitrogen and oxygen atoms in total. The van der Waals surface area contributed by atoms with E-state index >= 15 is 0 Å². The number of methoxy groups -OCH3 is 2. The summed E-state index contributed by atoms with van der Waals surface area (Å²) in [5, 5.41) is 6.36. The molecule has 1 unspecified atom stereocenters. The molecule has 2 N–H and O–H groups in total. The van der Waals surface area contributed by atoms with Crippen LogP contribution in [0.1, 0.15) is 24.5 Å². The van der Waals surface area contributed by atoms with Gasteiger partial charge in [0.2, 0.25) is 5.91 Å². The van der Waals surface area contributed by atoms with Crippen molar-refractivity contribution < 1.29 is 14.3 Å². The summed E-state index contributed by atoms with van der Waals surface area (Å²) in [6.45, 7) is 1.49. The standard InChI is InChI=1S/C20H24N2O3/c1-13(23)21-18-10-8-16(12-20(18)25-3)22-15-7-9-17-14(11-15)5-4-6-19(17)24-2/h4-6,8,10,12,15,22H,7,9,11H2,1-3H3,(H,21,23). The van der Waals surface area contributed by atoms with Gasteiger partial charge in [-0.2, -0.15) is 0 Å². The number of carbonyl (C=O) groups is 1. The predicted octanol–water partition coefficient (Wildman–Crippen LogP) is 3.63. The van der Waals surface area contributed by atoms with Crippen molar-refractivity contribution in [3.8, 4) is 11.5 Å². The van der Waals surface area contributed by atoms with Gasteiger partial charge in [0.05, 0.1) is 19.9 Å². The minimum Gasteiger partial charge on any atom is -0.496 e. The van der Waals surface area contributed by atoms with Crippen LogP contribution in [-0.4, -0.2) is 26.2 Å². The van der Waals surface area contributed by atoms with Crippen molar-refractivity contribution in [3.63, 3.8) is 0 Å². The van der Waals surface area contributed by atoms with Gasteiger partial charge < -0.3 is 20.1 Å². The summed E-state index contributed by atoms with van der Waals surface area (Å²) >= 11 is 0. The van der Waals surface area contributed by atoms with Crippen LogP contribution in [0.2, 0.25) is 0 Å². The van der Waals surface area contributed by atoms with E-state index in [1.807, 2.05) is 30.3 Å². The number of amides is 1. The monoisotopic (exact) mass is 340 g/mol. The lowest BCUT2D eigenvalue weighted by atomic mass is 9.87. The Morgan fingerprint density at radius 3 is 2.64 bits per heavy atom. The Labute approximate surface area is 148 Å². The number of nitrogens with one attached hydrogen (secondary N) is 2. The molecule has 1 aliphatic rings. The zero-order chi connectivity index (χ0) is 17.8. The molecule has 0 radical (unpaired) electrons. The first-order chi connectivity index (χ1) is 12.1. The molecule has 2 aromatic rings. The van der Waals surface area contributed by atoms with E-state index in [9.17, 15) is 4.79 Å². The second-order valence-corrected chi connectivity index (χ2v) is 6.28. The lowest BCUT2D eigenvalue weighted by Gasteiger charge is -2.27. The molecule has 0 heterocycles. The zero-order valence-electron chi connectivity index (χ0n) is 14.9. The third-order valence-corrected chi connectivity index (χ3v) is 4.54. The fourth-order valence-corrected chi connectivity index (χ4v) is 3.40. The van der Waals surface area contributed by atoms with Gasteiger partial charge in [-0.1, -0.05) is 12.1 Å². The second-order valence-electron chi connectivity index (χ2n) is 6.28. The summed E-state index contributed by atoms with van der Waals surface area (Å²) in [7, 11) is 3.33. The Kier molecular flexibility index (Phi) is 5.12. The number of hydrogen-bond acceptors (Lipinski definition) is 4. The SMILES string of the molecule is COc1cc(NC2CCc3c(cccc3OC)C2)ccc1NC(C)=O. The van der Waals surface area contributed by atoms with Gasteiger partial charge in [-0.25, -0.2) is 0 Å². The van der Waals surface area contributed by atoms with Crippen molar-refractivity contribution in [3.05, 3.63) is 47.5 Å². The molecule has 0 fully saturated rings. The number of anilines is 2. The van der Waals surface area contributed by atoms with Gasteiger partial charge in [0.25, 0.3) is 0 Å². The average Bonchev–Trinajstić information content (AvgIpc) is 2.61. The molecule has 0 aliphatic heterocycles. The molecule has 0 aromatic heterocycles. The minimum absolute atomic E-state index is 0.114. The smallest absolute Gasteiger partial charge is 0.221 e. The topological polar surface area (TPSA) is 59.6 Å². The van der Waals surface area contributed by atoms with Gasteiger partial charge in [0.15, 0.2) is 0 Å². The largest absolute Gasteiger partial charge is 0.496 e. The van der Waals surface area contributed by atoms with Gasteiger partial charge >= 0.3 is 0 Å². The van der Waals surface area contributed by atoms with Crippen LogP contribution >= 0.6 is 0 Å². The highest BCUT2D eigenvalue weighted by atomic mass is 16.5. The summed E-state index contributed by atoms with van der Waals surface area (Å²) in [5.74, 6) is 1.52. The minimum atomic E-state index is -0.114. The fraction of sp³-hybridized carbons (Fsp3) is 0.350. The summed E-state index contributed by atoms with van der Waals surface area (Å²) in [5.41, 5.74) is 4.33. The first-order valence-electron chi connectivity index (χ1n) is 8.47. The fourth-order valence-electron chi connectivity index (χ4n) is 3.40. The number of fused-ring (bicyclic) bond motifs is 1. The molecule has 5 heteroatoms. The summed E-state index contributed by atoms with van der Waals surface area (Å²) in [6, 6.07) is 12.4. The molecule has 1 aliphatic carbocycles. The van der Waals surface area contributed by atoms with Crippen molar-refractivity contribution in [2.24, 2.45) is 0 Å². The first kappa shape index (κ1) is 17.1. The van der Waals surface area contributed by atoms with E-state index < -0.39 is 0 Å². The highest BCUT2D eigenvalue weighted by Gasteiger charge is 2.21. The first-order valence-corrected chi connectivity index (χ1v) is 8.47. The normalized spacial score (nSPS) is 15.9. The van der Waals surface area contributed by atoms with Crippen LogP contribution in [0, 0.1) is 0 Å². The summed E-state index contributed by atoms with van der Waals surface area (Å²) < 4.78 is 10.9. The number of hydrogen-bond donors (Lipinski definition) is 2. The molecule has 0 saturated heterocycles. The van der Waals surface area contributed by atoms with Gasteiger partial charge in [-0.15, -0.1) is 0 Å². The van der Waals surface area contributed by atoms with Gasteiger partial charge in [0.1, 0.15) is 11.5 Å². The second kappa shape index (κ2) is 7.47. The van der Waals surface area contributed by atoms with Crippen LogP contribution < -0.4 is 20.1 Å².